The average Bonchev–Trinajstić information content (AvgIpc) is 2.82. The number of likely N-dealkylation sites (N-methyl/N-ethyl adjacent to an activating group) is 1. The van der Waals surface area contributed by atoms with Gasteiger partial charge in [0.15, 0.2) is 0 Å². The molecule has 0 aromatic carbocycles. The minimum absolute atomic E-state index is 0.399. The lowest BCUT2D eigenvalue weighted by Crippen LogP contribution is -2.30. The molecule has 0 radical (unpaired) electrons. The fraction of sp³-hybridized carbons (Fsp3) is 0.545. The molecule has 94 valence electrons. The van der Waals surface area contributed by atoms with Gasteiger partial charge in [0, 0.05) is 12.1 Å². The molecule has 1 aliphatic rings. The normalized spacial score (nSPS) is 20.7. The molecule has 0 bridgehead atoms. The number of ether oxygens (including phenoxy) is 1. The van der Waals surface area contributed by atoms with Crippen LogP contribution in [0.25, 0.3) is 0 Å². The summed E-state index contributed by atoms with van der Waals surface area (Å²) in [6, 6.07) is 2.07. The van der Waals surface area contributed by atoms with Crippen molar-refractivity contribution >= 4 is 28.8 Å². The molecule has 4 nitrogen and oxygen atoms in total. The molecule has 0 saturated carbocycles. The van der Waals surface area contributed by atoms with E-state index in [4.69, 9.17) is 22.1 Å². The molecule has 2 heterocycles. The fourth-order valence-corrected chi connectivity index (χ4v) is 3.01. The van der Waals surface area contributed by atoms with Crippen molar-refractivity contribution in [1.29, 1.82) is 0 Å². The highest BCUT2D eigenvalue weighted by Gasteiger charge is 2.22. The average molecular weight is 275 g/mol. The Morgan fingerprint density at radius 2 is 2.53 bits per heavy atom. The monoisotopic (exact) mass is 274 g/mol. The van der Waals surface area contributed by atoms with Crippen molar-refractivity contribution in [2.24, 2.45) is 5.73 Å². The van der Waals surface area contributed by atoms with Gasteiger partial charge >= 0.3 is 0 Å². The maximum Gasteiger partial charge on any atom is 0.262 e. The summed E-state index contributed by atoms with van der Waals surface area (Å²) in [7, 11) is 2.08. The van der Waals surface area contributed by atoms with Gasteiger partial charge in [0.05, 0.1) is 4.34 Å². The number of rotatable bonds is 4. The van der Waals surface area contributed by atoms with Crippen molar-refractivity contribution in [3.8, 4) is 5.75 Å². The Bertz CT molecular complexity index is 422. The minimum Gasteiger partial charge on any atom is -0.490 e. The van der Waals surface area contributed by atoms with Gasteiger partial charge in [-0.1, -0.05) is 11.6 Å². The molecular weight excluding hydrogens is 260 g/mol. The van der Waals surface area contributed by atoms with E-state index in [0.717, 1.165) is 24.3 Å². The second-order valence-corrected chi connectivity index (χ2v) is 5.88. The molecule has 1 unspecified atom stereocenters. The summed E-state index contributed by atoms with van der Waals surface area (Å²) in [5, 5.41) is 0. The van der Waals surface area contributed by atoms with Crippen LogP contribution in [0.2, 0.25) is 4.34 Å². The Balaban J connectivity index is 2.01. The smallest absolute Gasteiger partial charge is 0.262 e. The fourth-order valence-electron chi connectivity index (χ4n) is 2.00. The Labute approximate surface area is 109 Å². The Morgan fingerprint density at radius 1 is 1.76 bits per heavy atom. The first-order valence-electron chi connectivity index (χ1n) is 5.50. The van der Waals surface area contributed by atoms with E-state index >= 15 is 0 Å². The summed E-state index contributed by atoms with van der Waals surface area (Å²) in [5.41, 5.74) is 5.26. The highest BCUT2D eigenvalue weighted by Crippen LogP contribution is 2.33. The zero-order valence-electron chi connectivity index (χ0n) is 9.61. The quantitative estimate of drug-likeness (QED) is 0.913. The van der Waals surface area contributed by atoms with E-state index in [2.05, 4.69) is 11.9 Å². The molecule has 1 saturated heterocycles. The van der Waals surface area contributed by atoms with Crippen LogP contribution < -0.4 is 10.5 Å². The maximum atomic E-state index is 11.2. The Kier molecular flexibility index (Phi) is 3.91. The third-order valence-electron chi connectivity index (χ3n) is 2.99. The number of nitrogens with two attached hydrogens (primary N) is 1. The summed E-state index contributed by atoms with van der Waals surface area (Å²) in [4.78, 5) is 13.8. The molecule has 6 heteroatoms. The Morgan fingerprint density at radius 3 is 3.12 bits per heavy atom. The molecule has 1 aliphatic heterocycles. The van der Waals surface area contributed by atoms with Gasteiger partial charge in [-0.05, 0) is 26.4 Å². The zero-order chi connectivity index (χ0) is 12.4. The topological polar surface area (TPSA) is 55.6 Å². The molecule has 1 aromatic heterocycles. The second kappa shape index (κ2) is 5.25. The molecule has 17 heavy (non-hydrogen) atoms. The van der Waals surface area contributed by atoms with Crippen molar-refractivity contribution in [2.75, 3.05) is 20.2 Å². The van der Waals surface area contributed by atoms with Crippen LogP contribution in [-0.4, -0.2) is 37.0 Å². The summed E-state index contributed by atoms with van der Waals surface area (Å²) < 4.78 is 6.18. The highest BCUT2D eigenvalue weighted by molar-refractivity contribution is 7.18. The van der Waals surface area contributed by atoms with E-state index in [9.17, 15) is 4.79 Å². The number of halogens is 1. The maximum absolute atomic E-state index is 11.2. The van der Waals surface area contributed by atoms with E-state index < -0.39 is 5.91 Å². The standard InChI is InChI=1S/C11H15ClN2O2S/c1-14-4-2-3-7(14)6-16-8-5-9(12)17-10(8)11(13)15/h5,7H,2-4,6H2,1H3,(H2,13,15). The van der Waals surface area contributed by atoms with E-state index in [0.29, 0.717) is 27.6 Å². The third-order valence-corrected chi connectivity index (χ3v) is 4.25. The largest absolute Gasteiger partial charge is 0.490 e. The molecule has 1 aromatic rings. The van der Waals surface area contributed by atoms with E-state index in [1.54, 1.807) is 6.07 Å². The number of primary amides is 1. The first-order valence-corrected chi connectivity index (χ1v) is 6.69. The zero-order valence-corrected chi connectivity index (χ0v) is 11.2. The van der Waals surface area contributed by atoms with Crippen LogP contribution in [0.15, 0.2) is 6.07 Å². The van der Waals surface area contributed by atoms with Gasteiger partial charge in [0.25, 0.3) is 5.91 Å². The summed E-state index contributed by atoms with van der Waals surface area (Å²) in [6.07, 6.45) is 2.32. The van der Waals surface area contributed by atoms with Crippen LogP contribution >= 0.6 is 22.9 Å². The first-order chi connectivity index (χ1) is 8.08. The predicted octanol–water partition coefficient (Wildman–Crippen LogP) is 1.97. The van der Waals surface area contributed by atoms with Crippen LogP contribution in [-0.2, 0) is 0 Å². The number of carbonyl (C=O) groups excluding carboxylic acids is 1. The van der Waals surface area contributed by atoms with Crippen molar-refractivity contribution in [3.63, 3.8) is 0 Å². The van der Waals surface area contributed by atoms with E-state index in [1.165, 1.54) is 6.42 Å². The van der Waals surface area contributed by atoms with Gasteiger partial charge in [-0.25, -0.2) is 0 Å². The number of hydrogen-bond donors (Lipinski definition) is 1. The molecule has 0 spiro atoms. The molecule has 1 fully saturated rings. The second-order valence-electron chi connectivity index (χ2n) is 4.20. The lowest BCUT2D eigenvalue weighted by Gasteiger charge is -2.19. The molecular formula is C11H15ClN2O2S. The lowest BCUT2D eigenvalue weighted by atomic mass is 10.2. The van der Waals surface area contributed by atoms with Crippen molar-refractivity contribution in [1.82, 2.24) is 4.90 Å². The van der Waals surface area contributed by atoms with Gasteiger partial charge in [0.1, 0.15) is 17.2 Å². The number of likely N-dealkylation sites (tertiary alicyclic amines) is 1. The number of thiophene rings is 1. The van der Waals surface area contributed by atoms with Crippen molar-refractivity contribution in [3.05, 3.63) is 15.3 Å². The van der Waals surface area contributed by atoms with Crippen LogP contribution in [0.5, 0.6) is 5.75 Å². The van der Waals surface area contributed by atoms with Gasteiger partial charge in [-0.2, -0.15) is 0 Å². The molecule has 2 N–H and O–H groups in total. The van der Waals surface area contributed by atoms with Crippen LogP contribution in [0.3, 0.4) is 0 Å². The van der Waals surface area contributed by atoms with Gasteiger partial charge in [-0.15, -0.1) is 11.3 Å². The predicted molar refractivity (Wildman–Crippen MR) is 69.0 cm³/mol. The molecule has 0 aliphatic carbocycles. The van der Waals surface area contributed by atoms with E-state index in [1.807, 2.05) is 0 Å². The lowest BCUT2D eigenvalue weighted by molar-refractivity contribution is 0.0999. The van der Waals surface area contributed by atoms with Crippen molar-refractivity contribution in [2.45, 2.75) is 18.9 Å². The number of hydrogen-bond acceptors (Lipinski definition) is 4. The number of amides is 1. The summed E-state index contributed by atoms with van der Waals surface area (Å²) in [6.45, 7) is 1.67. The molecule has 1 amide bonds. The van der Waals surface area contributed by atoms with Gasteiger partial charge < -0.3 is 15.4 Å². The van der Waals surface area contributed by atoms with Gasteiger partial charge in [-0.3, -0.25) is 4.79 Å². The van der Waals surface area contributed by atoms with Crippen LogP contribution in [0, 0.1) is 0 Å². The van der Waals surface area contributed by atoms with E-state index in [-0.39, 0.29) is 0 Å². The van der Waals surface area contributed by atoms with Gasteiger partial charge in [0.2, 0.25) is 0 Å². The number of carbonyl (C=O) groups is 1. The first kappa shape index (κ1) is 12.7. The SMILES string of the molecule is CN1CCCC1COc1cc(Cl)sc1C(N)=O. The highest BCUT2D eigenvalue weighted by atomic mass is 35.5. The van der Waals surface area contributed by atoms with Crippen LogP contribution in [0.4, 0.5) is 0 Å². The van der Waals surface area contributed by atoms with Crippen LogP contribution in [0.1, 0.15) is 22.5 Å². The summed E-state index contributed by atoms with van der Waals surface area (Å²) in [5.74, 6) is 0.0180. The summed E-state index contributed by atoms with van der Waals surface area (Å²) >= 11 is 7.01. The Hall–Kier alpha value is -0.780. The third kappa shape index (κ3) is 2.91. The van der Waals surface area contributed by atoms with Crippen molar-refractivity contribution < 1.29 is 9.53 Å². The minimum atomic E-state index is -0.489. The molecule has 2 rings (SSSR count). The number of nitrogens with zero attached hydrogens (tertiary/aromatic N) is 1. The molecule has 1 atom stereocenters.